The summed E-state index contributed by atoms with van der Waals surface area (Å²) >= 11 is 0. The molecule has 2 nitrogen and oxygen atoms in total. The molecule has 3 aromatic carbocycles. The van der Waals surface area contributed by atoms with Gasteiger partial charge in [0.15, 0.2) is 0 Å². The maximum Gasteiger partial charge on any atom is 0.224 e. The molecule has 1 amide bonds. The first kappa shape index (κ1) is 15.8. The van der Waals surface area contributed by atoms with Crippen LogP contribution >= 0.6 is 0 Å². The molecule has 3 aromatic rings. The third-order valence-corrected chi connectivity index (χ3v) is 4.09. The molecule has 3 rings (SSSR count). The Morgan fingerprint density at radius 3 is 2.46 bits per heavy atom. The summed E-state index contributed by atoms with van der Waals surface area (Å²) in [6.45, 7) is 0. The Balaban J connectivity index is 1.77. The summed E-state index contributed by atoms with van der Waals surface area (Å²) < 4.78 is 0. The standard InChI is InChI=1S/C22H19NO/c1-2-9-21(18-11-4-3-5-12-18)23-22(24)16-19-14-8-13-17-10-6-7-15-20(17)19/h1,3-8,10-15,21H,9,16H2,(H,23,24). The highest BCUT2D eigenvalue weighted by atomic mass is 16.1. The van der Waals surface area contributed by atoms with E-state index in [2.05, 4.69) is 23.4 Å². The topological polar surface area (TPSA) is 29.1 Å². The van der Waals surface area contributed by atoms with Crippen LogP contribution in [0.2, 0.25) is 0 Å². The molecule has 0 bridgehead atoms. The van der Waals surface area contributed by atoms with E-state index in [1.807, 2.05) is 60.7 Å². The normalized spacial score (nSPS) is 11.6. The van der Waals surface area contributed by atoms with Crippen molar-refractivity contribution in [2.75, 3.05) is 0 Å². The third-order valence-electron chi connectivity index (χ3n) is 4.09. The quantitative estimate of drug-likeness (QED) is 0.701. The van der Waals surface area contributed by atoms with Gasteiger partial charge in [-0.3, -0.25) is 4.79 Å². The van der Waals surface area contributed by atoms with Crippen molar-refractivity contribution in [3.05, 3.63) is 83.9 Å². The second kappa shape index (κ2) is 7.48. The van der Waals surface area contributed by atoms with Crippen molar-refractivity contribution in [1.29, 1.82) is 0 Å². The van der Waals surface area contributed by atoms with Crippen LogP contribution in [0.25, 0.3) is 10.8 Å². The van der Waals surface area contributed by atoms with Crippen LogP contribution in [0.15, 0.2) is 72.8 Å². The molecule has 0 radical (unpaired) electrons. The maximum absolute atomic E-state index is 12.5. The Morgan fingerprint density at radius 1 is 0.958 bits per heavy atom. The third kappa shape index (κ3) is 3.64. The summed E-state index contributed by atoms with van der Waals surface area (Å²) in [5.41, 5.74) is 2.06. The molecule has 1 unspecified atom stereocenters. The summed E-state index contributed by atoms with van der Waals surface area (Å²) in [4.78, 5) is 12.5. The first-order valence-corrected chi connectivity index (χ1v) is 8.02. The number of amides is 1. The largest absolute Gasteiger partial charge is 0.348 e. The smallest absolute Gasteiger partial charge is 0.224 e. The van der Waals surface area contributed by atoms with Crippen LogP contribution in [-0.2, 0) is 11.2 Å². The minimum Gasteiger partial charge on any atom is -0.348 e. The van der Waals surface area contributed by atoms with E-state index < -0.39 is 0 Å². The number of benzene rings is 3. The number of hydrogen-bond donors (Lipinski definition) is 1. The molecule has 24 heavy (non-hydrogen) atoms. The minimum atomic E-state index is -0.154. The highest BCUT2D eigenvalue weighted by molar-refractivity contribution is 5.90. The molecule has 0 aliphatic rings. The van der Waals surface area contributed by atoms with Crippen molar-refractivity contribution >= 4 is 16.7 Å². The second-order valence-electron chi connectivity index (χ2n) is 5.75. The van der Waals surface area contributed by atoms with E-state index in [0.29, 0.717) is 12.8 Å². The lowest BCUT2D eigenvalue weighted by atomic mass is 10.0. The summed E-state index contributed by atoms with van der Waals surface area (Å²) in [5, 5.41) is 5.32. The van der Waals surface area contributed by atoms with Crippen LogP contribution < -0.4 is 5.32 Å². The van der Waals surface area contributed by atoms with Crippen LogP contribution in [0, 0.1) is 12.3 Å². The van der Waals surface area contributed by atoms with E-state index in [-0.39, 0.29) is 11.9 Å². The number of hydrogen-bond acceptors (Lipinski definition) is 1. The molecule has 1 atom stereocenters. The van der Waals surface area contributed by atoms with Gasteiger partial charge in [0.25, 0.3) is 0 Å². The molecule has 0 spiro atoms. The average Bonchev–Trinajstić information content (AvgIpc) is 2.62. The monoisotopic (exact) mass is 313 g/mol. The molecule has 0 fully saturated rings. The van der Waals surface area contributed by atoms with Crippen molar-refractivity contribution in [3.63, 3.8) is 0 Å². The van der Waals surface area contributed by atoms with Gasteiger partial charge in [0.2, 0.25) is 5.91 Å². The Bertz CT molecular complexity index is 872. The maximum atomic E-state index is 12.5. The summed E-state index contributed by atoms with van der Waals surface area (Å²) in [7, 11) is 0. The van der Waals surface area contributed by atoms with Gasteiger partial charge in [-0.05, 0) is 21.9 Å². The number of nitrogens with one attached hydrogen (secondary N) is 1. The van der Waals surface area contributed by atoms with Crippen molar-refractivity contribution in [1.82, 2.24) is 5.32 Å². The minimum absolute atomic E-state index is 0.0181. The molecule has 0 aliphatic carbocycles. The van der Waals surface area contributed by atoms with Gasteiger partial charge in [0, 0.05) is 6.42 Å². The Kier molecular flexibility index (Phi) is 4.93. The number of rotatable bonds is 5. The van der Waals surface area contributed by atoms with Crippen LogP contribution in [0.1, 0.15) is 23.6 Å². The van der Waals surface area contributed by atoms with Crippen molar-refractivity contribution in [3.8, 4) is 12.3 Å². The van der Waals surface area contributed by atoms with Gasteiger partial charge in [-0.15, -0.1) is 12.3 Å². The number of carbonyl (C=O) groups excluding carboxylic acids is 1. The second-order valence-corrected chi connectivity index (χ2v) is 5.75. The Labute approximate surface area is 142 Å². The van der Waals surface area contributed by atoms with Crippen molar-refractivity contribution in [2.45, 2.75) is 18.9 Å². The summed E-state index contributed by atoms with van der Waals surface area (Å²) in [5.74, 6) is 2.63. The van der Waals surface area contributed by atoms with Crippen LogP contribution in [0.5, 0.6) is 0 Å². The molecule has 0 aromatic heterocycles. The molecule has 0 heterocycles. The molecule has 0 aliphatic heterocycles. The fraction of sp³-hybridized carbons (Fsp3) is 0.136. The van der Waals surface area contributed by atoms with Gasteiger partial charge in [0.1, 0.15) is 0 Å². The van der Waals surface area contributed by atoms with Gasteiger partial charge in [0.05, 0.1) is 12.5 Å². The molecule has 118 valence electrons. The van der Waals surface area contributed by atoms with E-state index in [0.717, 1.165) is 21.9 Å². The van der Waals surface area contributed by atoms with Gasteiger partial charge in [-0.2, -0.15) is 0 Å². The highest BCUT2D eigenvalue weighted by Crippen LogP contribution is 2.20. The predicted octanol–water partition coefficient (Wildman–Crippen LogP) is 4.26. The number of fused-ring (bicyclic) bond motifs is 1. The molecule has 1 N–H and O–H groups in total. The highest BCUT2D eigenvalue weighted by Gasteiger charge is 2.14. The van der Waals surface area contributed by atoms with Gasteiger partial charge in [-0.25, -0.2) is 0 Å². The van der Waals surface area contributed by atoms with E-state index >= 15 is 0 Å². The van der Waals surface area contributed by atoms with Crippen LogP contribution in [0.3, 0.4) is 0 Å². The first-order valence-electron chi connectivity index (χ1n) is 8.02. The fourth-order valence-corrected chi connectivity index (χ4v) is 2.92. The van der Waals surface area contributed by atoms with E-state index in [1.165, 1.54) is 0 Å². The molecule has 0 saturated heterocycles. The Morgan fingerprint density at radius 2 is 1.67 bits per heavy atom. The summed E-state index contributed by atoms with van der Waals surface area (Å²) in [6, 6.07) is 23.8. The van der Waals surface area contributed by atoms with Crippen molar-refractivity contribution in [2.24, 2.45) is 0 Å². The van der Waals surface area contributed by atoms with Gasteiger partial charge < -0.3 is 5.32 Å². The predicted molar refractivity (Wildman–Crippen MR) is 98.4 cm³/mol. The average molecular weight is 313 g/mol. The van der Waals surface area contributed by atoms with Crippen molar-refractivity contribution < 1.29 is 4.79 Å². The zero-order valence-electron chi connectivity index (χ0n) is 13.4. The number of terminal acetylenes is 1. The molecule has 2 heteroatoms. The lowest BCUT2D eigenvalue weighted by Gasteiger charge is -2.17. The summed E-state index contributed by atoms with van der Waals surface area (Å²) in [6.07, 6.45) is 6.29. The SMILES string of the molecule is C#CCC(NC(=O)Cc1cccc2ccccc12)c1ccccc1. The van der Waals surface area contributed by atoms with Crippen LogP contribution in [0.4, 0.5) is 0 Å². The van der Waals surface area contributed by atoms with E-state index in [1.54, 1.807) is 0 Å². The zero-order valence-corrected chi connectivity index (χ0v) is 13.4. The van der Waals surface area contributed by atoms with E-state index in [9.17, 15) is 4.79 Å². The fourth-order valence-electron chi connectivity index (χ4n) is 2.92. The lowest BCUT2D eigenvalue weighted by Crippen LogP contribution is -2.29. The van der Waals surface area contributed by atoms with Gasteiger partial charge >= 0.3 is 0 Å². The van der Waals surface area contributed by atoms with E-state index in [4.69, 9.17) is 6.42 Å². The Hall–Kier alpha value is -3.05. The molecular formula is C22H19NO. The van der Waals surface area contributed by atoms with Crippen LogP contribution in [-0.4, -0.2) is 5.91 Å². The first-order chi connectivity index (χ1) is 11.8. The lowest BCUT2D eigenvalue weighted by molar-refractivity contribution is -0.121. The number of carbonyl (C=O) groups is 1. The van der Waals surface area contributed by atoms with Gasteiger partial charge in [-0.1, -0.05) is 72.8 Å². The molecule has 0 saturated carbocycles. The zero-order chi connectivity index (χ0) is 16.8. The molecular weight excluding hydrogens is 294 g/mol.